The monoisotopic (exact) mass is 318 g/mol. The molecule has 0 radical (unpaired) electrons. The lowest BCUT2D eigenvalue weighted by atomic mass is 10.1. The fraction of sp³-hybridized carbons (Fsp3) is 0.556. The molecule has 5 nitrogen and oxygen atoms in total. The summed E-state index contributed by atoms with van der Waals surface area (Å²) in [5, 5.41) is 2.84. The first-order valence-corrected chi connectivity index (χ1v) is 8.22. The molecule has 0 aliphatic carbocycles. The minimum absolute atomic E-state index is 0.0212. The summed E-state index contributed by atoms with van der Waals surface area (Å²) in [6, 6.07) is 4.10. The lowest BCUT2D eigenvalue weighted by Gasteiger charge is -2.16. The van der Waals surface area contributed by atoms with Crippen molar-refractivity contribution in [1.82, 2.24) is 10.2 Å². The Labute approximate surface area is 138 Å². The number of amides is 2. The summed E-state index contributed by atoms with van der Waals surface area (Å²) >= 11 is 0. The Morgan fingerprint density at radius 1 is 1.26 bits per heavy atom. The summed E-state index contributed by atoms with van der Waals surface area (Å²) in [4.78, 5) is 25.2. The molecule has 0 saturated carbocycles. The van der Waals surface area contributed by atoms with Crippen LogP contribution >= 0.6 is 0 Å². The zero-order valence-electron chi connectivity index (χ0n) is 14.3. The van der Waals surface area contributed by atoms with Crippen molar-refractivity contribution >= 4 is 11.8 Å². The van der Waals surface area contributed by atoms with E-state index in [1.165, 1.54) is 5.56 Å². The van der Waals surface area contributed by atoms with Crippen LogP contribution < -0.4 is 10.1 Å². The molecule has 1 aromatic rings. The third-order valence-corrected chi connectivity index (χ3v) is 4.05. The first-order valence-electron chi connectivity index (χ1n) is 8.22. The van der Waals surface area contributed by atoms with Gasteiger partial charge >= 0.3 is 0 Å². The molecule has 1 aromatic carbocycles. The highest BCUT2D eigenvalue weighted by atomic mass is 16.5. The SMILES string of the molecule is Cc1cc(C)c(OCC(=O)NCCCN2CCCC2=O)c(C)c1. The van der Waals surface area contributed by atoms with E-state index in [2.05, 4.69) is 5.32 Å². The molecule has 1 fully saturated rings. The van der Waals surface area contributed by atoms with Gasteiger partial charge in [-0.3, -0.25) is 9.59 Å². The van der Waals surface area contributed by atoms with E-state index < -0.39 is 0 Å². The van der Waals surface area contributed by atoms with E-state index in [9.17, 15) is 9.59 Å². The maximum absolute atomic E-state index is 11.8. The van der Waals surface area contributed by atoms with Gasteiger partial charge in [0.15, 0.2) is 6.61 Å². The molecule has 0 spiro atoms. The molecule has 23 heavy (non-hydrogen) atoms. The highest BCUT2D eigenvalue weighted by molar-refractivity contribution is 5.78. The van der Waals surface area contributed by atoms with Crippen LogP contribution in [-0.2, 0) is 9.59 Å². The topological polar surface area (TPSA) is 58.6 Å². The molecule has 0 aromatic heterocycles. The van der Waals surface area contributed by atoms with Crippen molar-refractivity contribution < 1.29 is 14.3 Å². The second-order valence-electron chi connectivity index (χ2n) is 6.20. The standard InChI is InChI=1S/C18H26N2O3/c1-13-10-14(2)18(15(3)11-13)23-12-16(21)19-7-5-9-20-8-4-6-17(20)22/h10-11H,4-9,12H2,1-3H3,(H,19,21). The number of aryl methyl sites for hydroxylation is 3. The molecule has 1 aliphatic heterocycles. The van der Waals surface area contributed by atoms with Gasteiger partial charge in [0.1, 0.15) is 5.75 Å². The number of likely N-dealkylation sites (tertiary alicyclic amines) is 1. The Morgan fingerprint density at radius 3 is 2.57 bits per heavy atom. The minimum Gasteiger partial charge on any atom is -0.483 e. The molecule has 1 N–H and O–H groups in total. The molecule has 126 valence electrons. The Morgan fingerprint density at radius 2 is 1.96 bits per heavy atom. The van der Waals surface area contributed by atoms with Gasteiger partial charge in [0.2, 0.25) is 5.91 Å². The first kappa shape index (κ1) is 17.3. The summed E-state index contributed by atoms with van der Waals surface area (Å²) < 4.78 is 5.66. The summed E-state index contributed by atoms with van der Waals surface area (Å²) in [5.41, 5.74) is 3.28. The van der Waals surface area contributed by atoms with E-state index in [1.807, 2.05) is 37.8 Å². The summed E-state index contributed by atoms with van der Waals surface area (Å²) in [6.45, 7) is 8.17. The third-order valence-electron chi connectivity index (χ3n) is 4.05. The highest BCUT2D eigenvalue weighted by Gasteiger charge is 2.19. The van der Waals surface area contributed by atoms with Crippen LogP contribution in [0.3, 0.4) is 0 Å². The number of rotatable bonds is 7. The van der Waals surface area contributed by atoms with Crippen LogP contribution in [0.15, 0.2) is 12.1 Å². The van der Waals surface area contributed by atoms with Crippen LogP contribution in [0.4, 0.5) is 0 Å². The molecule has 0 bridgehead atoms. The van der Waals surface area contributed by atoms with Gasteiger partial charge in [0.25, 0.3) is 5.91 Å². The van der Waals surface area contributed by atoms with Crippen molar-refractivity contribution in [1.29, 1.82) is 0 Å². The summed E-state index contributed by atoms with van der Waals surface area (Å²) in [5.74, 6) is 0.885. The van der Waals surface area contributed by atoms with Crippen molar-refractivity contribution in [2.24, 2.45) is 0 Å². The van der Waals surface area contributed by atoms with Crippen molar-refractivity contribution in [2.75, 3.05) is 26.2 Å². The molecule has 0 atom stereocenters. The molecule has 1 heterocycles. The Balaban J connectivity index is 1.68. The average Bonchev–Trinajstić information content (AvgIpc) is 2.88. The quantitative estimate of drug-likeness (QED) is 0.784. The zero-order valence-corrected chi connectivity index (χ0v) is 14.3. The van der Waals surface area contributed by atoms with Gasteiger partial charge in [-0.05, 0) is 44.7 Å². The van der Waals surface area contributed by atoms with Crippen LogP contribution in [0.5, 0.6) is 5.75 Å². The van der Waals surface area contributed by atoms with Gasteiger partial charge in [-0.15, -0.1) is 0 Å². The van der Waals surface area contributed by atoms with E-state index in [0.717, 1.165) is 42.8 Å². The fourth-order valence-corrected chi connectivity index (χ4v) is 3.02. The smallest absolute Gasteiger partial charge is 0.257 e. The number of hydrogen-bond acceptors (Lipinski definition) is 3. The molecule has 1 aliphatic rings. The van der Waals surface area contributed by atoms with Crippen LogP contribution in [0.25, 0.3) is 0 Å². The normalized spacial score (nSPS) is 14.2. The van der Waals surface area contributed by atoms with Crippen LogP contribution in [0, 0.1) is 20.8 Å². The van der Waals surface area contributed by atoms with Crippen molar-refractivity contribution in [3.8, 4) is 5.75 Å². The molecule has 2 amide bonds. The largest absolute Gasteiger partial charge is 0.483 e. The molecule has 2 rings (SSSR count). The number of benzene rings is 1. The molecule has 0 unspecified atom stereocenters. The lowest BCUT2D eigenvalue weighted by Crippen LogP contribution is -2.33. The van der Waals surface area contributed by atoms with Gasteiger partial charge in [-0.1, -0.05) is 17.7 Å². The number of hydrogen-bond donors (Lipinski definition) is 1. The number of carbonyl (C=O) groups excluding carboxylic acids is 2. The number of nitrogens with zero attached hydrogens (tertiary/aromatic N) is 1. The lowest BCUT2D eigenvalue weighted by molar-refractivity contribution is -0.127. The number of carbonyl (C=O) groups is 2. The van der Waals surface area contributed by atoms with E-state index >= 15 is 0 Å². The van der Waals surface area contributed by atoms with Gasteiger partial charge < -0.3 is 15.0 Å². The average molecular weight is 318 g/mol. The maximum Gasteiger partial charge on any atom is 0.257 e. The van der Waals surface area contributed by atoms with Crippen molar-refractivity contribution in [2.45, 2.75) is 40.0 Å². The van der Waals surface area contributed by atoms with E-state index in [4.69, 9.17) is 4.74 Å². The van der Waals surface area contributed by atoms with Gasteiger partial charge in [-0.2, -0.15) is 0 Å². The zero-order chi connectivity index (χ0) is 16.8. The minimum atomic E-state index is -0.128. The highest BCUT2D eigenvalue weighted by Crippen LogP contribution is 2.24. The Kier molecular flexibility index (Phi) is 6.02. The van der Waals surface area contributed by atoms with Gasteiger partial charge in [0, 0.05) is 26.1 Å². The van der Waals surface area contributed by atoms with Crippen molar-refractivity contribution in [3.05, 3.63) is 28.8 Å². The van der Waals surface area contributed by atoms with Gasteiger partial charge in [0.05, 0.1) is 0 Å². The van der Waals surface area contributed by atoms with Crippen LogP contribution in [0.2, 0.25) is 0 Å². The van der Waals surface area contributed by atoms with Crippen molar-refractivity contribution in [3.63, 3.8) is 0 Å². The second-order valence-corrected chi connectivity index (χ2v) is 6.20. The Bertz CT molecular complexity index is 561. The maximum atomic E-state index is 11.8. The van der Waals surface area contributed by atoms with Gasteiger partial charge in [-0.25, -0.2) is 0 Å². The van der Waals surface area contributed by atoms with E-state index in [1.54, 1.807) is 0 Å². The molecule has 1 saturated heterocycles. The van der Waals surface area contributed by atoms with E-state index in [-0.39, 0.29) is 18.4 Å². The molecule has 5 heteroatoms. The van der Waals surface area contributed by atoms with Crippen LogP contribution in [-0.4, -0.2) is 43.0 Å². The fourth-order valence-electron chi connectivity index (χ4n) is 3.02. The number of ether oxygens (including phenoxy) is 1. The van der Waals surface area contributed by atoms with E-state index in [0.29, 0.717) is 13.0 Å². The summed E-state index contributed by atoms with van der Waals surface area (Å²) in [6.07, 6.45) is 2.39. The van der Waals surface area contributed by atoms with Crippen LogP contribution in [0.1, 0.15) is 36.0 Å². The third kappa shape index (κ3) is 4.98. The Hall–Kier alpha value is -2.04. The first-order chi connectivity index (χ1) is 11.0. The number of nitrogens with one attached hydrogen (secondary N) is 1. The summed E-state index contributed by atoms with van der Waals surface area (Å²) in [7, 11) is 0. The predicted octanol–water partition coefficient (Wildman–Crippen LogP) is 2.12. The molecular formula is C18H26N2O3. The molecular weight excluding hydrogens is 292 g/mol. The second kappa shape index (κ2) is 7.99. The predicted molar refractivity (Wildman–Crippen MR) is 89.6 cm³/mol.